The first-order chi connectivity index (χ1) is 9.97. The number of nitrogens with one attached hydrogen (secondary N) is 1. The van der Waals surface area contributed by atoms with Gasteiger partial charge in [0.25, 0.3) is 5.69 Å². The standard InChI is InChI=1S/C15H16FN3O2/c1-18(2)12-5-3-11(4-6-12)10-17-15-9-13(19(20)21)7-8-14(15)16/h3-9,17H,10H2,1-2H3. The number of nitro benzene ring substituents is 1. The van der Waals surface area contributed by atoms with Crippen LogP contribution in [0.25, 0.3) is 0 Å². The van der Waals surface area contributed by atoms with Crippen molar-refractivity contribution in [2.75, 3.05) is 24.3 Å². The monoisotopic (exact) mass is 289 g/mol. The molecule has 2 aromatic carbocycles. The van der Waals surface area contributed by atoms with Crippen LogP contribution in [0.1, 0.15) is 5.56 Å². The van der Waals surface area contributed by atoms with Crippen molar-refractivity contribution in [1.29, 1.82) is 0 Å². The number of hydrogen-bond acceptors (Lipinski definition) is 4. The third kappa shape index (κ3) is 3.68. The molecule has 0 spiro atoms. The quantitative estimate of drug-likeness (QED) is 0.677. The molecule has 0 radical (unpaired) electrons. The van der Waals surface area contributed by atoms with E-state index in [1.807, 2.05) is 43.3 Å². The highest BCUT2D eigenvalue weighted by atomic mass is 19.1. The minimum atomic E-state index is -0.545. The van der Waals surface area contributed by atoms with Crippen molar-refractivity contribution in [1.82, 2.24) is 0 Å². The molecule has 0 aromatic heterocycles. The second-order valence-electron chi connectivity index (χ2n) is 4.84. The summed E-state index contributed by atoms with van der Waals surface area (Å²) in [6, 6.07) is 11.2. The summed E-state index contributed by atoms with van der Waals surface area (Å²) in [7, 11) is 3.90. The Morgan fingerprint density at radius 3 is 2.43 bits per heavy atom. The van der Waals surface area contributed by atoms with Crippen molar-refractivity contribution >= 4 is 17.1 Å². The van der Waals surface area contributed by atoms with Crippen LogP contribution in [-0.4, -0.2) is 19.0 Å². The molecule has 110 valence electrons. The van der Waals surface area contributed by atoms with E-state index in [0.717, 1.165) is 23.4 Å². The Labute approximate surface area is 122 Å². The van der Waals surface area contributed by atoms with Gasteiger partial charge in [0.2, 0.25) is 0 Å². The van der Waals surface area contributed by atoms with E-state index in [1.54, 1.807) is 0 Å². The number of hydrogen-bond donors (Lipinski definition) is 1. The van der Waals surface area contributed by atoms with Gasteiger partial charge in [0, 0.05) is 38.5 Å². The SMILES string of the molecule is CN(C)c1ccc(CNc2cc([N+](=O)[O-])ccc2F)cc1. The van der Waals surface area contributed by atoms with Crippen LogP contribution in [0.4, 0.5) is 21.5 Å². The van der Waals surface area contributed by atoms with Crippen LogP contribution in [-0.2, 0) is 6.54 Å². The zero-order valence-corrected chi connectivity index (χ0v) is 11.8. The molecular formula is C15H16FN3O2. The molecule has 2 rings (SSSR count). The summed E-state index contributed by atoms with van der Waals surface area (Å²) >= 11 is 0. The minimum Gasteiger partial charge on any atom is -0.378 e. The van der Waals surface area contributed by atoms with E-state index in [-0.39, 0.29) is 11.4 Å². The molecule has 0 unspecified atom stereocenters. The molecule has 1 N–H and O–H groups in total. The van der Waals surface area contributed by atoms with E-state index in [2.05, 4.69) is 5.32 Å². The fourth-order valence-corrected chi connectivity index (χ4v) is 1.87. The lowest BCUT2D eigenvalue weighted by Gasteiger charge is -2.13. The Hall–Kier alpha value is -2.63. The van der Waals surface area contributed by atoms with Crippen molar-refractivity contribution in [3.63, 3.8) is 0 Å². The number of nitro groups is 1. The van der Waals surface area contributed by atoms with Crippen molar-refractivity contribution in [2.45, 2.75) is 6.54 Å². The molecule has 0 aliphatic carbocycles. The van der Waals surface area contributed by atoms with Crippen LogP contribution in [0.3, 0.4) is 0 Å². The van der Waals surface area contributed by atoms with E-state index >= 15 is 0 Å². The predicted octanol–water partition coefficient (Wildman–Crippen LogP) is 3.41. The molecule has 0 atom stereocenters. The first kappa shape index (κ1) is 14.8. The van der Waals surface area contributed by atoms with Crippen molar-refractivity contribution in [3.05, 3.63) is 64.0 Å². The van der Waals surface area contributed by atoms with E-state index in [4.69, 9.17) is 0 Å². The minimum absolute atomic E-state index is 0.126. The summed E-state index contributed by atoms with van der Waals surface area (Å²) < 4.78 is 13.6. The third-order valence-corrected chi connectivity index (χ3v) is 3.10. The normalized spacial score (nSPS) is 10.2. The second-order valence-corrected chi connectivity index (χ2v) is 4.84. The van der Waals surface area contributed by atoms with Gasteiger partial charge in [-0.05, 0) is 23.8 Å². The summed E-state index contributed by atoms with van der Waals surface area (Å²) in [4.78, 5) is 12.1. The van der Waals surface area contributed by atoms with Gasteiger partial charge in [-0.1, -0.05) is 12.1 Å². The van der Waals surface area contributed by atoms with Crippen molar-refractivity contribution < 1.29 is 9.31 Å². The maximum atomic E-state index is 13.6. The molecule has 0 amide bonds. The number of rotatable bonds is 5. The van der Waals surface area contributed by atoms with Crippen LogP contribution in [0.5, 0.6) is 0 Å². The van der Waals surface area contributed by atoms with Crippen LogP contribution in [0, 0.1) is 15.9 Å². The molecule has 0 aliphatic rings. The smallest absolute Gasteiger partial charge is 0.271 e. The largest absolute Gasteiger partial charge is 0.378 e. The number of nitrogens with zero attached hydrogens (tertiary/aromatic N) is 2. The number of halogens is 1. The van der Waals surface area contributed by atoms with Crippen LogP contribution in [0.15, 0.2) is 42.5 Å². The molecule has 0 saturated carbocycles. The molecule has 0 bridgehead atoms. The van der Waals surface area contributed by atoms with E-state index in [1.165, 1.54) is 6.07 Å². The molecule has 0 aliphatic heterocycles. The van der Waals surface area contributed by atoms with E-state index in [9.17, 15) is 14.5 Å². The zero-order chi connectivity index (χ0) is 15.4. The van der Waals surface area contributed by atoms with Crippen molar-refractivity contribution in [2.24, 2.45) is 0 Å². The lowest BCUT2D eigenvalue weighted by atomic mass is 10.2. The molecular weight excluding hydrogens is 273 g/mol. The molecule has 5 nitrogen and oxygen atoms in total. The molecule has 0 saturated heterocycles. The summed E-state index contributed by atoms with van der Waals surface area (Å²) in [5.41, 5.74) is 2.02. The lowest BCUT2D eigenvalue weighted by Crippen LogP contribution is -2.08. The number of non-ortho nitro benzene ring substituents is 1. The van der Waals surface area contributed by atoms with Gasteiger partial charge in [0.05, 0.1) is 10.6 Å². The maximum absolute atomic E-state index is 13.6. The van der Waals surface area contributed by atoms with Gasteiger partial charge in [-0.2, -0.15) is 0 Å². The average molecular weight is 289 g/mol. The van der Waals surface area contributed by atoms with Gasteiger partial charge in [0.1, 0.15) is 5.82 Å². The van der Waals surface area contributed by atoms with Crippen LogP contribution >= 0.6 is 0 Å². The van der Waals surface area contributed by atoms with Gasteiger partial charge < -0.3 is 10.2 Å². The Balaban J connectivity index is 2.09. The zero-order valence-electron chi connectivity index (χ0n) is 11.8. The summed E-state index contributed by atoms with van der Waals surface area (Å²) in [5.74, 6) is -0.509. The Bertz CT molecular complexity index is 642. The topological polar surface area (TPSA) is 58.4 Å². The van der Waals surface area contributed by atoms with Crippen molar-refractivity contribution in [3.8, 4) is 0 Å². The fourth-order valence-electron chi connectivity index (χ4n) is 1.87. The Kier molecular flexibility index (Phi) is 4.37. The molecule has 21 heavy (non-hydrogen) atoms. The van der Waals surface area contributed by atoms with E-state index < -0.39 is 10.7 Å². The number of benzene rings is 2. The fraction of sp³-hybridized carbons (Fsp3) is 0.200. The van der Waals surface area contributed by atoms with Gasteiger partial charge in [-0.25, -0.2) is 4.39 Å². The lowest BCUT2D eigenvalue weighted by molar-refractivity contribution is -0.384. The Morgan fingerprint density at radius 2 is 1.86 bits per heavy atom. The summed E-state index contributed by atoms with van der Waals surface area (Å²) in [6.07, 6.45) is 0. The van der Waals surface area contributed by atoms with Gasteiger partial charge in [-0.3, -0.25) is 10.1 Å². The maximum Gasteiger partial charge on any atom is 0.271 e. The molecule has 6 heteroatoms. The van der Waals surface area contributed by atoms with Crippen LogP contribution in [0.2, 0.25) is 0 Å². The molecule has 0 heterocycles. The highest BCUT2D eigenvalue weighted by Gasteiger charge is 2.10. The number of anilines is 2. The third-order valence-electron chi connectivity index (χ3n) is 3.10. The summed E-state index contributed by atoms with van der Waals surface area (Å²) in [5, 5.41) is 13.6. The van der Waals surface area contributed by atoms with Gasteiger partial charge in [-0.15, -0.1) is 0 Å². The predicted molar refractivity (Wildman–Crippen MR) is 81.2 cm³/mol. The average Bonchev–Trinajstić information content (AvgIpc) is 2.46. The van der Waals surface area contributed by atoms with E-state index in [0.29, 0.717) is 6.54 Å². The first-order valence-corrected chi connectivity index (χ1v) is 6.41. The first-order valence-electron chi connectivity index (χ1n) is 6.41. The van der Waals surface area contributed by atoms with Gasteiger partial charge in [0.15, 0.2) is 0 Å². The van der Waals surface area contributed by atoms with Gasteiger partial charge >= 0.3 is 0 Å². The second kappa shape index (κ2) is 6.21. The molecule has 2 aromatic rings. The molecule has 0 fully saturated rings. The Morgan fingerprint density at radius 1 is 1.19 bits per heavy atom. The highest BCUT2D eigenvalue weighted by Crippen LogP contribution is 2.22. The highest BCUT2D eigenvalue weighted by molar-refractivity contribution is 5.53. The van der Waals surface area contributed by atoms with Crippen LogP contribution < -0.4 is 10.2 Å². The summed E-state index contributed by atoms with van der Waals surface area (Å²) in [6.45, 7) is 0.395.